The van der Waals surface area contributed by atoms with Crippen molar-refractivity contribution >= 4 is 12.1 Å². The van der Waals surface area contributed by atoms with E-state index < -0.39 is 11.5 Å². The second-order valence-electron chi connectivity index (χ2n) is 6.73. The maximum Gasteiger partial charge on any atom is 0.281 e. The Bertz CT molecular complexity index is 1070. The highest BCUT2D eigenvalue weighted by Gasteiger charge is 2.39. The molecular weight excluding hydrogens is 406 g/mol. The SMILES string of the molecule is CCOc1cc(/C=N/NC(=O)C(O)(c2ccccc2)c2ccccc2)ccc1OCC#N. The molecule has 7 heteroatoms. The first-order valence-corrected chi connectivity index (χ1v) is 10.0. The van der Waals surface area contributed by atoms with E-state index >= 15 is 0 Å². The summed E-state index contributed by atoms with van der Waals surface area (Å²) < 4.78 is 10.9. The minimum absolute atomic E-state index is 0.0961. The van der Waals surface area contributed by atoms with Crippen molar-refractivity contribution in [2.75, 3.05) is 13.2 Å². The van der Waals surface area contributed by atoms with Gasteiger partial charge in [-0.3, -0.25) is 4.79 Å². The van der Waals surface area contributed by atoms with E-state index in [1.807, 2.05) is 25.1 Å². The number of nitriles is 1. The third-order valence-corrected chi connectivity index (χ3v) is 4.65. The lowest BCUT2D eigenvalue weighted by atomic mass is 9.85. The van der Waals surface area contributed by atoms with Crippen LogP contribution in [-0.2, 0) is 10.4 Å². The minimum atomic E-state index is -1.91. The van der Waals surface area contributed by atoms with Crippen molar-refractivity contribution in [1.82, 2.24) is 5.43 Å². The van der Waals surface area contributed by atoms with Gasteiger partial charge in [-0.1, -0.05) is 60.7 Å². The Morgan fingerprint density at radius 1 is 1.03 bits per heavy atom. The zero-order valence-electron chi connectivity index (χ0n) is 17.6. The lowest BCUT2D eigenvalue weighted by Crippen LogP contribution is -2.43. The molecule has 0 saturated carbocycles. The Kier molecular flexibility index (Phi) is 7.57. The van der Waals surface area contributed by atoms with E-state index in [1.54, 1.807) is 66.7 Å². The van der Waals surface area contributed by atoms with Gasteiger partial charge >= 0.3 is 0 Å². The molecule has 0 saturated heterocycles. The van der Waals surface area contributed by atoms with Crippen molar-refractivity contribution in [1.29, 1.82) is 5.26 Å². The molecule has 7 nitrogen and oxygen atoms in total. The van der Waals surface area contributed by atoms with Crippen LogP contribution in [0, 0.1) is 11.3 Å². The van der Waals surface area contributed by atoms with Gasteiger partial charge in [0, 0.05) is 0 Å². The van der Waals surface area contributed by atoms with Gasteiger partial charge in [-0.2, -0.15) is 10.4 Å². The van der Waals surface area contributed by atoms with Crippen LogP contribution in [0.15, 0.2) is 84.0 Å². The van der Waals surface area contributed by atoms with Crippen LogP contribution in [0.3, 0.4) is 0 Å². The van der Waals surface area contributed by atoms with E-state index in [-0.39, 0.29) is 6.61 Å². The number of nitrogens with zero attached hydrogens (tertiary/aromatic N) is 2. The topological polar surface area (TPSA) is 104 Å². The number of carbonyl (C=O) groups is 1. The van der Waals surface area contributed by atoms with Crippen molar-refractivity contribution in [2.45, 2.75) is 12.5 Å². The Balaban J connectivity index is 1.82. The number of hydrogen-bond acceptors (Lipinski definition) is 6. The van der Waals surface area contributed by atoms with Crippen molar-refractivity contribution < 1.29 is 19.4 Å². The van der Waals surface area contributed by atoms with E-state index in [0.29, 0.717) is 34.8 Å². The summed E-state index contributed by atoms with van der Waals surface area (Å²) in [6.07, 6.45) is 1.44. The summed E-state index contributed by atoms with van der Waals surface area (Å²) in [5, 5.41) is 24.1. The third kappa shape index (κ3) is 5.12. The van der Waals surface area contributed by atoms with Crippen molar-refractivity contribution in [3.8, 4) is 17.6 Å². The number of nitrogens with one attached hydrogen (secondary N) is 1. The summed E-state index contributed by atoms with van der Waals surface area (Å²) in [6, 6.07) is 24.4. The molecule has 0 bridgehead atoms. The predicted octanol–water partition coefficient (Wildman–Crippen LogP) is 3.37. The predicted molar refractivity (Wildman–Crippen MR) is 120 cm³/mol. The first-order valence-electron chi connectivity index (χ1n) is 10.0. The first-order chi connectivity index (χ1) is 15.6. The maximum atomic E-state index is 13.0. The fourth-order valence-corrected chi connectivity index (χ4v) is 3.14. The Labute approximate surface area is 186 Å². The van der Waals surface area contributed by atoms with Crippen LogP contribution >= 0.6 is 0 Å². The lowest BCUT2D eigenvalue weighted by molar-refractivity contribution is -0.136. The van der Waals surface area contributed by atoms with E-state index in [2.05, 4.69) is 10.5 Å². The van der Waals surface area contributed by atoms with E-state index in [4.69, 9.17) is 14.7 Å². The molecule has 0 aromatic heterocycles. The smallest absolute Gasteiger partial charge is 0.281 e. The Morgan fingerprint density at radius 3 is 2.22 bits per heavy atom. The third-order valence-electron chi connectivity index (χ3n) is 4.65. The number of hydrazone groups is 1. The highest BCUT2D eigenvalue weighted by molar-refractivity contribution is 5.91. The number of amides is 1. The molecule has 32 heavy (non-hydrogen) atoms. The monoisotopic (exact) mass is 429 g/mol. The van der Waals surface area contributed by atoms with Gasteiger partial charge in [0.2, 0.25) is 0 Å². The summed E-state index contributed by atoms with van der Waals surface area (Å²) in [5.74, 6) is 0.213. The quantitative estimate of drug-likeness (QED) is 0.401. The number of carbonyl (C=O) groups excluding carboxylic acids is 1. The van der Waals surface area contributed by atoms with Gasteiger partial charge < -0.3 is 14.6 Å². The molecular formula is C25H23N3O4. The molecule has 0 fully saturated rings. The van der Waals surface area contributed by atoms with Crippen LogP contribution in [-0.4, -0.2) is 30.4 Å². The first kappa shape index (κ1) is 22.5. The second kappa shape index (κ2) is 10.8. The molecule has 0 aliphatic heterocycles. The van der Waals surface area contributed by atoms with Crippen LogP contribution in [0.5, 0.6) is 11.5 Å². The van der Waals surface area contributed by atoms with Crippen LogP contribution in [0.1, 0.15) is 23.6 Å². The van der Waals surface area contributed by atoms with E-state index in [9.17, 15) is 9.90 Å². The number of rotatable bonds is 9. The van der Waals surface area contributed by atoms with Gasteiger partial charge in [0.25, 0.3) is 5.91 Å². The lowest BCUT2D eigenvalue weighted by Gasteiger charge is -2.27. The molecule has 3 rings (SSSR count). The molecule has 0 aliphatic carbocycles. The standard InChI is InChI=1S/C25H23N3O4/c1-2-31-23-17-19(13-14-22(23)32-16-15-26)18-27-28-24(29)25(30,20-9-5-3-6-10-20)21-11-7-4-8-12-21/h3-14,17-18,30H,2,16H2,1H3,(H,28,29)/b27-18+. The number of benzene rings is 3. The van der Waals surface area contributed by atoms with E-state index in [1.165, 1.54) is 6.21 Å². The largest absolute Gasteiger partial charge is 0.490 e. The van der Waals surface area contributed by atoms with Crippen LogP contribution < -0.4 is 14.9 Å². The molecule has 0 aliphatic rings. The molecule has 0 unspecified atom stereocenters. The van der Waals surface area contributed by atoms with Crippen LogP contribution in [0.25, 0.3) is 0 Å². The van der Waals surface area contributed by atoms with Gasteiger partial charge in [-0.25, -0.2) is 5.43 Å². The minimum Gasteiger partial charge on any atom is -0.490 e. The molecule has 0 heterocycles. The van der Waals surface area contributed by atoms with Crippen molar-refractivity contribution in [3.05, 3.63) is 95.6 Å². The van der Waals surface area contributed by atoms with Crippen LogP contribution in [0.4, 0.5) is 0 Å². The summed E-state index contributed by atoms with van der Waals surface area (Å²) in [6.45, 7) is 2.16. The zero-order valence-corrected chi connectivity index (χ0v) is 17.6. The molecule has 1 amide bonds. The molecule has 0 radical (unpaired) electrons. The summed E-state index contributed by atoms with van der Waals surface area (Å²) in [5.41, 5.74) is 2.02. The Hall–Kier alpha value is -4.15. The Morgan fingerprint density at radius 2 is 1.66 bits per heavy atom. The fourth-order valence-electron chi connectivity index (χ4n) is 3.14. The van der Waals surface area contributed by atoms with Gasteiger partial charge in [-0.05, 0) is 41.8 Å². The highest BCUT2D eigenvalue weighted by atomic mass is 16.5. The maximum absolute atomic E-state index is 13.0. The van der Waals surface area contributed by atoms with Gasteiger partial charge in [0.05, 0.1) is 12.8 Å². The van der Waals surface area contributed by atoms with Gasteiger partial charge in [-0.15, -0.1) is 0 Å². The summed E-state index contributed by atoms with van der Waals surface area (Å²) >= 11 is 0. The highest BCUT2D eigenvalue weighted by Crippen LogP contribution is 2.30. The molecule has 0 spiro atoms. The van der Waals surface area contributed by atoms with Gasteiger partial charge in [0.15, 0.2) is 23.7 Å². The van der Waals surface area contributed by atoms with E-state index in [0.717, 1.165) is 0 Å². The number of aliphatic hydroxyl groups is 1. The normalized spacial score (nSPS) is 11.0. The number of ether oxygens (including phenoxy) is 2. The van der Waals surface area contributed by atoms with Crippen molar-refractivity contribution in [2.24, 2.45) is 5.10 Å². The summed E-state index contributed by atoms with van der Waals surface area (Å²) in [7, 11) is 0. The number of hydrogen-bond donors (Lipinski definition) is 2. The average Bonchev–Trinajstić information content (AvgIpc) is 2.84. The summed E-state index contributed by atoms with van der Waals surface area (Å²) in [4.78, 5) is 13.0. The second-order valence-corrected chi connectivity index (χ2v) is 6.73. The zero-order chi connectivity index (χ0) is 22.8. The molecule has 3 aromatic carbocycles. The molecule has 0 atom stereocenters. The van der Waals surface area contributed by atoms with Gasteiger partial charge in [0.1, 0.15) is 6.07 Å². The molecule has 162 valence electrons. The molecule has 2 N–H and O–H groups in total. The average molecular weight is 429 g/mol. The van der Waals surface area contributed by atoms with Crippen molar-refractivity contribution in [3.63, 3.8) is 0 Å². The molecule has 3 aromatic rings. The van der Waals surface area contributed by atoms with Crippen LogP contribution in [0.2, 0.25) is 0 Å². The fraction of sp³-hybridized carbons (Fsp3) is 0.160.